The summed E-state index contributed by atoms with van der Waals surface area (Å²) in [7, 11) is 0. The minimum absolute atomic E-state index is 0.0538. The van der Waals surface area contributed by atoms with Gasteiger partial charge in [0.2, 0.25) is 0 Å². The number of Topliss-reactive ketones (excluding diaryl/α,β-unsaturated/α-hetero) is 1. The minimum atomic E-state index is -1.51. The van der Waals surface area contributed by atoms with Crippen LogP contribution < -0.4 is 0 Å². The lowest BCUT2D eigenvalue weighted by atomic mass is 9.99. The molecule has 1 aromatic carbocycles. The zero-order valence-electron chi connectivity index (χ0n) is 11.2. The van der Waals surface area contributed by atoms with E-state index in [1.54, 1.807) is 26.0 Å². The Morgan fingerprint density at radius 2 is 1.50 bits per heavy atom. The van der Waals surface area contributed by atoms with Crippen molar-refractivity contribution < 1.29 is 23.5 Å². The Labute approximate surface area is 113 Å². The van der Waals surface area contributed by atoms with Crippen molar-refractivity contribution in [3.05, 3.63) is 34.8 Å². The van der Waals surface area contributed by atoms with E-state index < -0.39 is 11.8 Å². The third-order valence-corrected chi connectivity index (χ3v) is 3.37. The number of aliphatic carboxylic acids is 1. The van der Waals surface area contributed by atoms with Crippen molar-refractivity contribution in [1.29, 1.82) is 0 Å². The van der Waals surface area contributed by atoms with E-state index in [1.165, 1.54) is 0 Å². The summed E-state index contributed by atoms with van der Waals surface area (Å²) in [4.78, 5) is 23.1. The molecule has 3 aromatic rings. The van der Waals surface area contributed by atoms with Crippen LogP contribution in [0, 0.1) is 20.8 Å². The maximum atomic E-state index is 12.0. The first-order valence-electron chi connectivity index (χ1n) is 6.10. The number of benzene rings is 1. The Balaban J connectivity index is 2.58. The fourth-order valence-electron chi connectivity index (χ4n) is 2.53. The molecule has 0 fully saturated rings. The number of carbonyl (C=O) groups is 2. The molecule has 5 nitrogen and oxygen atoms in total. The Kier molecular flexibility index (Phi) is 2.47. The molecule has 20 heavy (non-hydrogen) atoms. The minimum Gasteiger partial charge on any atom is -0.475 e. The van der Waals surface area contributed by atoms with Gasteiger partial charge in [0, 0.05) is 16.3 Å². The number of carboxylic acids is 1. The lowest BCUT2D eigenvalue weighted by Crippen LogP contribution is -2.13. The summed E-state index contributed by atoms with van der Waals surface area (Å²) >= 11 is 0. The Bertz CT molecular complexity index is 821. The van der Waals surface area contributed by atoms with Gasteiger partial charge < -0.3 is 13.9 Å². The number of carbonyl (C=O) groups excluding carboxylic acids is 1. The smallest absolute Gasteiger partial charge is 0.377 e. The fourth-order valence-corrected chi connectivity index (χ4v) is 2.53. The second kappa shape index (κ2) is 3.96. The SMILES string of the molecule is Cc1cc2c(C(=O)C(=O)O)c3oc(C)cc3c(C)c2o1. The summed E-state index contributed by atoms with van der Waals surface area (Å²) in [6, 6.07) is 3.44. The third-order valence-electron chi connectivity index (χ3n) is 3.37. The standard InChI is InChI=1S/C15H12O5/c1-6-4-9-8(3)13-10(5-7(2)19-13)11(14(9)20-6)12(16)15(17)18/h4-5H,1-3H3,(H,17,18). The van der Waals surface area contributed by atoms with Crippen LogP contribution in [-0.4, -0.2) is 16.9 Å². The predicted octanol–water partition coefficient (Wildman–Crippen LogP) is 3.37. The topological polar surface area (TPSA) is 80.7 Å². The molecule has 0 aliphatic heterocycles. The number of furan rings is 2. The lowest BCUT2D eigenvalue weighted by Gasteiger charge is -2.03. The van der Waals surface area contributed by atoms with E-state index in [2.05, 4.69) is 0 Å². The van der Waals surface area contributed by atoms with Gasteiger partial charge in [-0.1, -0.05) is 0 Å². The molecule has 0 amide bonds. The molecule has 0 aliphatic rings. The number of fused-ring (bicyclic) bond motifs is 2. The Morgan fingerprint density at radius 1 is 0.950 bits per heavy atom. The third kappa shape index (κ3) is 1.56. The maximum Gasteiger partial charge on any atom is 0.377 e. The van der Waals surface area contributed by atoms with Crippen LogP contribution in [0.3, 0.4) is 0 Å². The van der Waals surface area contributed by atoms with Crippen LogP contribution in [-0.2, 0) is 4.79 Å². The fraction of sp³-hybridized carbons (Fsp3) is 0.200. The maximum absolute atomic E-state index is 12.0. The quantitative estimate of drug-likeness (QED) is 0.571. The Hall–Kier alpha value is -2.56. The largest absolute Gasteiger partial charge is 0.475 e. The molecule has 0 saturated carbocycles. The highest BCUT2D eigenvalue weighted by Crippen LogP contribution is 2.36. The molecular formula is C15H12O5. The van der Waals surface area contributed by atoms with E-state index in [0.29, 0.717) is 33.5 Å². The number of ketones is 1. The molecule has 0 unspecified atom stereocenters. The molecule has 5 heteroatoms. The van der Waals surface area contributed by atoms with Crippen LogP contribution in [0.4, 0.5) is 0 Å². The van der Waals surface area contributed by atoms with Crippen molar-refractivity contribution in [1.82, 2.24) is 0 Å². The van der Waals surface area contributed by atoms with Crippen LogP contribution in [0.1, 0.15) is 27.4 Å². The van der Waals surface area contributed by atoms with Crippen molar-refractivity contribution >= 4 is 33.7 Å². The highest BCUT2D eigenvalue weighted by molar-refractivity contribution is 6.44. The number of hydrogen-bond donors (Lipinski definition) is 1. The Morgan fingerprint density at radius 3 is 2.10 bits per heavy atom. The summed E-state index contributed by atoms with van der Waals surface area (Å²) in [5.41, 5.74) is 1.72. The summed E-state index contributed by atoms with van der Waals surface area (Å²) in [5.74, 6) is -1.27. The van der Waals surface area contributed by atoms with Gasteiger partial charge in [-0.15, -0.1) is 0 Å². The number of aryl methyl sites for hydroxylation is 3. The predicted molar refractivity (Wildman–Crippen MR) is 72.2 cm³/mol. The average Bonchev–Trinajstić information content (AvgIpc) is 2.92. The molecule has 0 atom stereocenters. The summed E-state index contributed by atoms with van der Waals surface area (Å²) in [6.07, 6.45) is 0. The van der Waals surface area contributed by atoms with E-state index in [1.807, 2.05) is 6.92 Å². The molecule has 0 bridgehead atoms. The molecule has 2 aromatic heterocycles. The molecule has 102 valence electrons. The zero-order valence-corrected chi connectivity index (χ0v) is 11.2. The summed E-state index contributed by atoms with van der Waals surface area (Å²) < 4.78 is 11.1. The number of hydrogen-bond acceptors (Lipinski definition) is 4. The normalized spacial score (nSPS) is 11.3. The molecule has 0 spiro atoms. The van der Waals surface area contributed by atoms with Gasteiger partial charge in [0.1, 0.15) is 22.7 Å². The van der Waals surface area contributed by atoms with Gasteiger partial charge in [-0.25, -0.2) is 4.79 Å². The second-order valence-corrected chi connectivity index (χ2v) is 4.83. The van der Waals surface area contributed by atoms with Crippen molar-refractivity contribution in [3.63, 3.8) is 0 Å². The van der Waals surface area contributed by atoms with Crippen LogP contribution in [0.15, 0.2) is 21.0 Å². The summed E-state index contributed by atoms with van der Waals surface area (Å²) in [6.45, 7) is 5.36. The first kappa shape index (κ1) is 12.5. The number of carboxylic acid groups (broad SMARTS) is 1. The molecule has 0 saturated heterocycles. The first-order chi connectivity index (χ1) is 9.40. The average molecular weight is 272 g/mol. The first-order valence-corrected chi connectivity index (χ1v) is 6.10. The molecule has 2 heterocycles. The van der Waals surface area contributed by atoms with E-state index >= 15 is 0 Å². The zero-order chi connectivity index (χ0) is 14.6. The van der Waals surface area contributed by atoms with E-state index in [9.17, 15) is 9.59 Å². The molecule has 1 N–H and O–H groups in total. The second-order valence-electron chi connectivity index (χ2n) is 4.83. The molecular weight excluding hydrogens is 260 g/mol. The van der Waals surface area contributed by atoms with Crippen LogP contribution in [0.2, 0.25) is 0 Å². The number of rotatable bonds is 2. The van der Waals surface area contributed by atoms with E-state index in [4.69, 9.17) is 13.9 Å². The van der Waals surface area contributed by atoms with Crippen LogP contribution in [0.5, 0.6) is 0 Å². The molecule has 0 aliphatic carbocycles. The lowest BCUT2D eigenvalue weighted by molar-refractivity contribution is -0.131. The van der Waals surface area contributed by atoms with Gasteiger partial charge >= 0.3 is 5.97 Å². The van der Waals surface area contributed by atoms with Crippen molar-refractivity contribution in [2.45, 2.75) is 20.8 Å². The van der Waals surface area contributed by atoms with Gasteiger partial charge in [-0.3, -0.25) is 4.79 Å². The summed E-state index contributed by atoms with van der Waals surface area (Å²) in [5, 5.41) is 10.2. The van der Waals surface area contributed by atoms with Crippen LogP contribution >= 0.6 is 0 Å². The van der Waals surface area contributed by atoms with Crippen molar-refractivity contribution in [2.24, 2.45) is 0 Å². The van der Waals surface area contributed by atoms with Crippen molar-refractivity contribution in [2.75, 3.05) is 0 Å². The highest BCUT2D eigenvalue weighted by atomic mass is 16.4. The van der Waals surface area contributed by atoms with Gasteiger partial charge in [-0.2, -0.15) is 0 Å². The van der Waals surface area contributed by atoms with Gasteiger partial charge in [0.25, 0.3) is 5.78 Å². The van der Waals surface area contributed by atoms with Gasteiger partial charge in [0.15, 0.2) is 0 Å². The molecule has 3 rings (SSSR count). The highest BCUT2D eigenvalue weighted by Gasteiger charge is 2.26. The monoisotopic (exact) mass is 272 g/mol. The van der Waals surface area contributed by atoms with Gasteiger partial charge in [-0.05, 0) is 32.9 Å². The van der Waals surface area contributed by atoms with Gasteiger partial charge in [0.05, 0.1) is 5.56 Å². The molecule has 0 radical (unpaired) electrons. The van der Waals surface area contributed by atoms with Crippen LogP contribution in [0.25, 0.3) is 21.9 Å². The van der Waals surface area contributed by atoms with Crippen molar-refractivity contribution in [3.8, 4) is 0 Å². The van der Waals surface area contributed by atoms with E-state index in [-0.39, 0.29) is 5.56 Å². The van der Waals surface area contributed by atoms with E-state index in [0.717, 1.165) is 5.56 Å².